The standard InChI is InChI=1S/C19H17ClN4O5S/c1-27-14-5-3-6-15(28-2)18(14)30(25,26)23-19-17-13(20)9-12(10-16(17)29-22-19)11-24-8-4-7-21-24/h3-10H,11H2,1-2H3,(H,22,23). The Morgan fingerprint density at radius 2 is 1.90 bits per heavy atom. The number of rotatable bonds is 7. The first kappa shape index (κ1) is 20.0. The van der Waals surface area contributed by atoms with Crippen molar-refractivity contribution < 1.29 is 22.4 Å². The van der Waals surface area contributed by atoms with Crippen molar-refractivity contribution in [2.45, 2.75) is 11.4 Å². The van der Waals surface area contributed by atoms with E-state index in [0.29, 0.717) is 22.5 Å². The Bertz CT molecular complexity index is 1280. The molecule has 9 nitrogen and oxygen atoms in total. The van der Waals surface area contributed by atoms with Crippen molar-refractivity contribution in [1.29, 1.82) is 0 Å². The Morgan fingerprint density at radius 3 is 2.53 bits per heavy atom. The summed E-state index contributed by atoms with van der Waals surface area (Å²) in [5.41, 5.74) is 1.17. The third-order valence-corrected chi connectivity index (χ3v) is 6.07. The molecule has 4 rings (SSSR count). The number of benzene rings is 2. The SMILES string of the molecule is COc1cccc(OC)c1S(=O)(=O)Nc1noc2cc(Cn3cccn3)cc(Cl)c12. The molecule has 0 atom stereocenters. The van der Waals surface area contributed by atoms with Crippen molar-refractivity contribution in [3.63, 3.8) is 0 Å². The van der Waals surface area contributed by atoms with Crippen LogP contribution in [0.2, 0.25) is 5.02 Å². The van der Waals surface area contributed by atoms with Crippen LogP contribution in [0.4, 0.5) is 5.82 Å². The topological polar surface area (TPSA) is 108 Å². The molecule has 1 N–H and O–H groups in total. The molecular formula is C19H17ClN4O5S. The summed E-state index contributed by atoms with van der Waals surface area (Å²) in [6.07, 6.45) is 3.49. The van der Waals surface area contributed by atoms with Gasteiger partial charge in [-0.25, -0.2) is 8.42 Å². The number of halogens is 1. The maximum Gasteiger partial charge on any atom is 0.270 e. The van der Waals surface area contributed by atoms with Gasteiger partial charge in [0.2, 0.25) is 0 Å². The van der Waals surface area contributed by atoms with Gasteiger partial charge in [-0.1, -0.05) is 22.8 Å². The van der Waals surface area contributed by atoms with Crippen LogP contribution in [-0.4, -0.2) is 37.6 Å². The summed E-state index contributed by atoms with van der Waals surface area (Å²) in [6, 6.07) is 9.93. The van der Waals surface area contributed by atoms with Gasteiger partial charge in [0.25, 0.3) is 10.0 Å². The van der Waals surface area contributed by atoms with E-state index in [-0.39, 0.29) is 22.2 Å². The molecule has 0 saturated carbocycles. The highest BCUT2D eigenvalue weighted by Gasteiger charge is 2.27. The van der Waals surface area contributed by atoms with Crippen molar-refractivity contribution in [3.05, 3.63) is 59.4 Å². The van der Waals surface area contributed by atoms with Crippen molar-refractivity contribution in [2.24, 2.45) is 0 Å². The van der Waals surface area contributed by atoms with Gasteiger partial charge in [-0.05, 0) is 35.9 Å². The van der Waals surface area contributed by atoms with Gasteiger partial charge in [0.15, 0.2) is 16.3 Å². The van der Waals surface area contributed by atoms with Gasteiger partial charge in [0.05, 0.1) is 31.2 Å². The minimum Gasteiger partial charge on any atom is -0.495 e. The van der Waals surface area contributed by atoms with Crippen LogP contribution in [0.5, 0.6) is 11.5 Å². The van der Waals surface area contributed by atoms with E-state index in [1.54, 1.807) is 29.1 Å². The van der Waals surface area contributed by atoms with Gasteiger partial charge < -0.3 is 14.0 Å². The number of anilines is 1. The molecule has 0 spiro atoms. The lowest BCUT2D eigenvalue weighted by atomic mass is 10.1. The molecule has 2 aromatic heterocycles. The maximum absolute atomic E-state index is 13.1. The summed E-state index contributed by atoms with van der Waals surface area (Å²) < 4.78 is 46.0. The van der Waals surface area contributed by atoms with E-state index in [1.807, 2.05) is 12.3 Å². The van der Waals surface area contributed by atoms with Gasteiger partial charge >= 0.3 is 0 Å². The largest absolute Gasteiger partial charge is 0.495 e. The molecule has 156 valence electrons. The molecule has 11 heteroatoms. The Morgan fingerprint density at radius 1 is 1.17 bits per heavy atom. The fourth-order valence-corrected chi connectivity index (χ4v) is 4.73. The number of sulfonamides is 1. The predicted octanol–water partition coefficient (Wildman–Crippen LogP) is 3.54. The van der Waals surface area contributed by atoms with E-state index in [4.69, 9.17) is 25.6 Å². The maximum atomic E-state index is 13.1. The molecule has 0 bridgehead atoms. The Hall–Kier alpha value is -3.24. The molecule has 0 unspecified atom stereocenters. The third-order valence-electron chi connectivity index (χ3n) is 4.37. The van der Waals surface area contributed by atoms with Crippen LogP contribution in [-0.2, 0) is 16.6 Å². The molecule has 0 aliphatic rings. The lowest BCUT2D eigenvalue weighted by Crippen LogP contribution is -2.15. The van der Waals surface area contributed by atoms with Crippen LogP contribution in [0.25, 0.3) is 11.0 Å². The average Bonchev–Trinajstić information content (AvgIpc) is 3.37. The minimum atomic E-state index is -4.12. The van der Waals surface area contributed by atoms with Gasteiger partial charge in [-0.2, -0.15) is 5.10 Å². The zero-order chi connectivity index (χ0) is 21.3. The summed E-state index contributed by atoms with van der Waals surface area (Å²) in [4.78, 5) is -0.155. The monoisotopic (exact) mass is 448 g/mol. The van der Waals surface area contributed by atoms with Crippen LogP contribution < -0.4 is 14.2 Å². The zero-order valence-electron chi connectivity index (χ0n) is 16.0. The van der Waals surface area contributed by atoms with E-state index in [1.165, 1.54) is 26.4 Å². The first-order valence-corrected chi connectivity index (χ1v) is 10.6. The zero-order valence-corrected chi connectivity index (χ0v) is 17.6. The van der Waals surface area contributed by atoms with E-state index >= 15 is 0 Å². The lowest BCUT2D eigenvalue weighted by molar-refractivity contribution is 0.373. The fourth-order valence-electron chi connectivity index (χ4n) is 3.08. The summed E-state index contributed by atoms with van der Waals surface area (Å²) in [5, 5.41) is 8.65. The summed E-state index contributed by atoms with van der Waals surface area (Å²) in [6.45, 7) is 0.475. The van der Waals surface area contributed by atoms with Gasteiger partial charge in [0, 0.05) is 12.4 Å². The highest BCUT2D eigenvalue weighted by Crippen LogP contribution is 2.37. The smallest absolute Gasteiger partial charge is 0.270 e. The second-order valence-corrected chi connectivity index (χ2v) is 8.31. The van der Waals surface area contributed by atoms with E-state index in [9.17, 15) is 8.42 Å². The first-order chi connectivity index (χ1) is 14.4. The Kier molecular flexibility index (Phi) is 5.27. The summed E-state index contributed by atoms with van der Waals surface area (Å²) >= 11 is 6.43. The molecule has 0 saturated heterocycles. The van der Waals surface area contributed by atoms with E-state index < -0.39 is 10.0 Å². The number of fused-ring (bicyclic) bond motifs is 1. The Labute approximate surface area is 177 Å². The van der Waals surface area contributed by atoms with Crippen molar-refractivity contribution >= 4 is 38.4 Å². The molecule has 0 aliphatic heterocycles. The highest BCUT2D eigenvalue weighted by atomic mass is 35.5. The second kappa shape index (κ2) is 7.88. The highest BCUT2D eigenvalue weighted by molar-refractivity contribution is 7.93. The molecule has 0 aliphatic carbocycles. The predicted molar refractivity (Wildman–Crippen MR) is 111 cm³/mol. The van der Waals surface area contributed by atoms with Crippen LogP contribution >= 0.6 is 11.6 Å². The minimum absolute atomic E-state index is 0.0337. The Balaban J connectivity index is 1.73. The normalized spacial score (nSPS) is 11.6. The molecule has 30 heavy (non-hydrogen) atoms. The molecule has 2 aromatic carbocycles. The molecule has 2 heterocycles. The third kappa shape index (κ3) is 3.66. The number of hydrogen-bond donors (Lipinski definition) is 1. The lowest BCUT2D eigenvalue weighted by Gasteiger charge is -2.13. The van der Waals surface area contributed by atoms with Gasteiger partial charge in [-0.3, -0.25) is 9.40 Å². The number of aromatic nitrogens is 3. The number of methoxy groups -OCH3 is 2. The fraction of sp³-hybridized carbons (Fsp3) is 0.158. The summed E-state index contributed by atoms with van der Waals surface area (Å²) in [5.74, 6) is 0.220. The summed E-state index contributed by atoms with van der Waals surface area (Å²) in [7, 11) is -1.38. The van der Waals surface area contributed by atoms with Crippen LogP contribution in [0.15, 0.2) is 58.2 Å². The van der Waals surface area contributed by atoms with E-state index in [0.717, 1.165) is 5.56 Å². The van der Waals surface area contributed by atoms with Crippen LogP contribution in [0, 0.1) is 0 Å². The number of nitrogens with one attached hydrogen (secondary N) is 1. The van der Waals surface area contributed by atoms with Crippen molar-refractivity contribution in [1.82, 2.24) is 14.9 Å². The van der Waals surface area contributed by atoms with Crippen LogP contribution in [0.3, 0.4) is 0 Å². The van der Waals surface area contributed by atoms with E-state index in [2.05, 4.69) is 15.0 Å². The number of nitrogens with zero attached hydrogens (tertiary/aromatic N) is 3. The molecule has 0 radical (unpaired) electrons. The molecular weight excluding hydrogens is 432 g/mol. The van der Waals surface area contributed by atoms with Crippen LogP contribution in [0.1, 0.15) is 5.56 Å². The molecule has 0 fully saturated rings. The van der Waals surface area contributed by atoms with Gasteiger partial charge in [0.1, 0.15) is 11.5 Å². The first-order valence-electron chi connectivity index (χ1n) is 8.72. The quantitative estimate of drug-likeness (QED) is 0.460. The number of hydrogen-bond acceptors (Lipinski definition) is 7. The average molecular weight is 449 g/mol. The molecule has 0 amide bonds. The molecule has 4 aromatic rings. The van der Waals surface area contributed by atoms with Crippen molar-refractivity contribution in [2.75, 3.05) is 18.9 Å². The van der Waals surface area contributed by atoms with Gasteiger partial charge in [-0.15, -0.1) is 0 Å². The number of ether oxygens (including phenoxy) is 2. The second-order valence-electron chi connectivity index (χ2n) is 6.28. The van der Waals surface area contributed by atoms with Crippen molar-refractivity contribution in [3.8, 4) is 11.5 Å².